The molecule has 7 heteroatoms. The Kier molecular flexibility index (Phi) is 6.45. The largest absolute Gasteiger partial charge is 0.407 e. The van der Waals surface area contributed by atoms with Crippen molar-refractivity contribution < 1.29 is 18.0 Å². The van der Waals surface area contributed by atoms with Crippen LogP contribution in [0.25, 0.3) is 4.85 Å². The van der Waals surface area contributed by atoms with Crippen molar-refractivity contribution in [2.45, 2.75) is 26.1 Å². The molecule has 0 radical (unpaired) electrons. The fourth-order valence-corrected chi connectivity index (χ4v) is 2.72. The van der Waals surface area contributed by atoms with Crippen molar-refractivity contribution in [2.24, 2.45) is 0 Å². The van der Waals surface area contributed by atoms with Crippen LogP contribution < -0.4 is 10.2 Å². The number of nitrogens with zero attached hydrogens (tertiary/aromatic N) is 2. The van der Waals surface area contributed by atoms with E-state index in [2.05, 4.69) is 10.2 Å². The first kappa shape index (κ1) is 20.3. The van der Waals surface area contributed by atoms with Gasteiger partial charge in [-0.25, -0.2) is 4.85 Å². The number of amides is 1. The van der Waals surface area contributed by atoms with Gasteiger partial charge >= 0.3 is 6.18 Å². The Balaban J connectivity index is 2.15. The zero-order valence-corrected chi connectivity index (χ0v) is 15.0. The van der Waals surface area contributed by atoms with Gasteiger partial charge in [-0.3, -0.25) is 4.79 Å². The quantitative estimate of drug-likeness (QED) is 0.725. The van der Waals surface area contributed by atoms with E-state index in [4.69, 9.17) is 6.57 Å². The molecule has 0 spiro atoms. The summed E-state index contributed by atoms with van der Waals surface area (Å²) in [4.78, 5) is 16.8. The number of rotatable bonds is 6. The van der Waals surface area contributed by atoms with Gasteiger partial charge in [0.1, 0.15) is 0 Å². The Labute approximate surface area is 156 Å². The van der Waals surface area contributed by atoms with Crippen LogP contribution in [0.5, 0.6) is 0 Å². The van der Waals surface area contributed by atoms with Crippen molar-refractivity contribution in [3.63, 3.8) is 0 Å². The number of anilines is 1. The number of nitrogens with one attached hydrogen (secondary N) is 1. The molecule has 2 aromatic carbocycles. The topological polar surface area (TPSA) is 36.7 Å². The second-order valence-electron chi connectivity index (χ2n) is 6.03. The molecule has 27 heavy (non-hydrogen) atoms. The van der Waals surface area contributed by atoms with Gasteiger partial charge in [0.25, 0.3) is 0 Å². The molecule has 0 aliphatic heterocycles. The summed E-state index contributed by atoms with van der Waals surface area (Å²) in [5.74, 6) is -0.295. The van der Waals surface area contributed by atoms with E-state index in [9.17, 15) is 18.0 Å². The highest BCUT2D eigenvalue weighted by atomic mass is 19.4. The van der Waals surface area contributed by atoms with Crippen LogP contribution in [0, 0.1) is 6.57 Å². The Morgan fingerprint density at radius 3 is 2.44 bits per heavy atom. The van der Waals surface area contributed by atoms with Crippen LogP contribution in [-0.4, -0.2) is 19.0 Å². The van der Waals surface area contributed by atoms with E-state index < -0.39 is 17.4 Å². The second-order valence-corrected chi connectivity index (χ2v) is 6.03. The Hall–Kier alpha value is -3.01. The minimum Gasteiger partial charge on any atom is -0.363 e. The zero-order chi connectivity index (χ0) is 20.0. The van der Waals surface area contributed by atoms with Crippen LogP contribution in [0.1, 0.15) is 31.0 Å². The smallest absolute Gasteiger partial charge is 0.363 e. The summed E-state index contributed by atoms with van der Waals surface area (Å²) in [6.07, 6.45) is -4.63. The van der Waals surface area contributed by atoms with E-state index in [1.165, 1.54) is 11.0 Å². The summed E-state index contributed by atoms with van der Waals surface area (Å²) >= 11 is 0. The number of carbonyl (C=O) groups is 1. The Bertz CT molecular complexity index is 829. The summed E-state index contributed by atoms with van der Waals surface area (Å²) in [5, 5.41) is 2.85. The average molecular weight is 375 g/mol. The van der Waals surface area contributed by atoms with Gasteiger partial charge in [-0.05, 0) is 31.5 Å². The second kappa shape index (κ2) is 8.58. The maximum Gasteiger partial charge on any atom is 0.407 e. The molecule has 0 saturated carbocycles. The van der Waals surface area contributed by atoms with E-state index in [1.807, 2.05) is 37.3 Å². The summed E-state index contributed by atoms with van der Waals surface area (Å²) in [7, 11) is 0. The van der Waals surface area contributed by atoms with Crippen LogP contribution >= 0.6 is 0 Å². The maximum absolute atomic E-state index is 13.2. The van der Waals surface area contributed by atoms with Crippen LogP contribution in [0.3, 0.4) is 0 Å². The molecule has 0 saturated heterocycles. The van der Waals surface area contributed by atoms with Gasteiger partial charge in [0.15, 0.2) is 5.69 Å². The van der Waals surface area contributed by atoms with Crippen molar-refractivity contribution in [1.82, 2.24) is 5.32 Å². The van der Waals surface area contributed by atoms with Gasteiger partial charge in [-0.1, -0.05) is 36.4 Å². The van der Waals surface area contributed by atoms with Crippen LogP contribution in [0.15, 0.2) is 48.5 Å². The molecule has 0 aliphatic carbocycles. The third-order valence-electron chi connectivity index (χ3n) is 4.16. The minimum atomic E-state index is -4.63. The highest BCUT2D eigenvalue weighted by Crippen LogP contribution is 2.38. The van der Waals surface area contributed by atoms with Gasteiger partial charge in [-0.2, -0.15) is 13.2 Å². The summed E-state index contributed by atoms with van der Waals surface area (Å²) in [6.45, 7) is 10.8. The number of likely N-dealkylation sites (N-methyl/N-ethyl adjacent to an activating group) is 1. The third-order valence-corrected chi connectivity index (χ3v) is 4.16. The number of benzene rings is 2. The lowest BCUT2D eigenvalue weighted by atomic mass is 10.1. The monoisotopic (exact) mass is 375 g/mol. The molecule has 1 N–H and O–H groups in total. The molecular weight excluding hydrogens is 355 g/mol. The van der Waals surface area contributed by atoms with E-state index in [0.29, 0.717) is 6.54 Å². The highest BCUT2D eigenvalue weighted by Gasteiger charge is 2.34. The van der Waals surface area contributed by atoms with Crippen molar-refractivity contribution in [3.8, 4) is 0 Å². The molecule has 0 fully saturated rings. The van der Waals surface area contributed by atoms with Crippen molar-refractivity contribution in [2.75, 3.05) is 18.0 Å². The van der Waals surface area contributed by atoms with Gasteiger partial charge in [0.2, 0.25) is 5.91 Å². The normalized spacial score (nSPS) is 12.1. The molecule has 2 rings (SSSR count). The third kappa shape index (κ3) is 5.23. The van der Waals surface area contributed by atoms with Crippen molar-refractivity contribution in [1.29, 1.82) is 0 Å². The molecule has 2 aromatic rings. The minimum absolute atomic E-state index is 0.0810. The number of hydrogen-bond donors (Lipinski definition) is 1. The molecule has 0 aliphatic rings. The van der Waals surface area contributed by atoms with E-state index in [0.717, 1.165) is 17.7 Å². The first-order valence-corrected chi connectivity index (χ1v) is 8.44. The number of alkyl halides is 3. The van der Waals surface area contributed by atoms with Crippen molar-refractivity contribution >= 4 is 17.3 Å². The van der Waals surface area contributed by atoms with Crippen LogP contribution in [0.2, 0.25) is 0 Å². The van der Waals surface area contributed by atoms with Crippen LogP contribution in [0.4, 0.5) is 24.5 Å². The molecule has 0 aromatic heterocycles. The zero-order valence-electron chi connectivity index (χ0n) is 15.0. The molecule has 1 amide bonds. The molecule has 1 atom stereocenters. The molecular formula is C20H20F3N3O. The lowest BCUT2D eigenvalue weighted by Crippen LogP contribution is -2.38. The SMILES string of the molecule is [C-]#[N+]c1ccc(N(CC)CC(=O)N[C@@H](C)c2ccccc2)cc1C(F)(F)F. The first-order valence-electron chi connectivity index (χ1n) is 8.44. The molecule has 0 bridgehead atoms. The molecule has 142 valence electrons. The fraction of sp³-hybridized carbons (Fsp3) is 0.300. The number of carbonyl (C=O) groups excluding carboxylic acids is 1. The Morgan fingerprint density at radius 1 is 1.22 bits per heavy atom. The molecule has 0 heterocycles. The molecule has 0 unspecified atom stereocenters. The lowest BCUT2D eigenvalue weighted by molar-refractivity contribution is -0.136. The molecule has 4 nitrogen and oxygen atoms in total. The summed E-state index contributed by atoms with van der Waals surface area (Å²) < 4.78 is 39.5. The maximum atomic E-state index is 13.2. The Morgan fingerprint density at radius 2 is 1.89 bits per heavy atom. The predicted octanol–water partition coefficient (Wildman–Crippen LogP) is 4.96. The number of halogens is 3. The van der Waals surface area contributed by atoms with Gasteiger partial charge in [0.05, 0.1) is 24.7 Å². The first-order chi connectivity index (χ1) is 12.8. The van der Waals surface area contributed by atoms with E-state index in [-0.39, 0.29) is 24.2 Å². The van der Waals surface area contributed by atoms with Gasteiger partial charge in [0, 0.05) is 12.2 Å². The summed E-state index contributed by atoms with van der Waals surface area (Å²) in [5.41, 5.74) is -0.259. The summed E-state index contributed by atoms with van der Waals surface area (Å²) in [6, 6.07) is 12.7. The highest BCUT2D eigenvalue weighted by molar-refractivity contribution is 5.82. The fourth-order valence-electron chi connectivity index (χ4n) is 2.72. The van der Waals surface area contributed by atoms with Gasteiger partial charge in [-0.15, -0.1) is 0 Å². The van der Waals surface area contributed by atoms with E-state index >= 15 is 0 Å². The van der Waals surface area contributed by atoms with Gasteiger partial charge < -0.3 is 10.2 Å². The number of hydrogen-bond acceptors (Lipinski definition) is 2. The van der Waals surface area contributed by atoms with Crippen molar-refractivity contribution in [3.05, 3.63) is 71.1 Å². The van der Waals surface area contributed by atoms with Crippen LogP contribution in [-0.2, 0) is 11.0 Å². The van der Waals surface area contributed by atoms with E-state index in [1.54, 1.807) is 6.92 Å². The predicted molar refractivity (Wildman–Crippen MR) is 98.6 cm³/mol. The average Bonchev–Trinajstić information content (AvgIpc) is 2.65. The lowest BCUT2D eigenvalue weighted by Gasteiger charge is -2.25. The standard InChI is InChI=1S/C20H20F3N3O/c1-4-26(13-19(27)25-14(2)15-8-6-5-7-9-15)16-10-11-18(24-3)17(12-16)20(21,22)23/h5-12,14H,4,13H2,1-2H3,(H,25,27)/t14-/m0/s1.